The molecule has 0 aromatic heterocycles. The minimum atomic E-state index is 1.24. The van der Waals surface area contributed by atoms with Crippen LogP contribution in [0, 0.1) is 0 Å². The summed E-state index contributed by atoms with van der Waals surface area (Å²) in [5.41, 5.74) is 12.9. The minimum absolute atomic E-state index is 1.24. The summed E-state index contributed by atoms with van der Waals surface area (Å²) in [6.07, 6.45) is 0. The van der Waals surface area contributed by atoms with E-state index >= 15 is 0 Å². The maximum Gasteiger partial charge on any atom is -0.00259 e. The van der Waals surface area contributed by atoms with Crippen molar-refractivity contribution in [3.05, 3.63) is 158 Å². The molecule has 0 aliphatic heterocycles. The van der Waals surface area contributed by atoms with E-state index in [2.05, 4.69) is 158 Å². The van der Waals surface area contributed by atoms with Crippen LogP contribution >= 0.6 is 0 Å². The Hall–Kier alpha value is -5.46. The molecule has 0 spiro atoms. The lowest BCUT2D eigenvalue weighted by molar-refractivity contribution is 1.63. The molecule has 8 aromatic rings. The molecule has 8 aromatic carbocycles. The van der Waals surface area contributed by atoms with Crippen LogP contribution in [0.2, 0.25) is 0 Å². The van der Waals surface area contributed by atoms with E-state index in [4.69, 9.17) is 0 Å². The molecule has 9 rings (SSSR count). The highest BCUT2D eigenvalue weighted by Crippen LogP contribution is 2.48. The fourth-order valence-corrected chi connectivity index (χ4v) is 7.00. The summed E-state index contributed by atoms with van der Waals surface area (Å²) >= 11 is 0. The highest BCUT2D eigenvalue weighted by molar-refractivity contribution is 6.16. The monoisotopic (exact) mass is 530 g/mol. The van der Waals surface area contributed by atoms with E-state index in [1.807, 2.05) is 0 Å². The second-order valence-corrected chi connectivity index (χ2v) is 11.3. The smallest absolute Gasteiger partial charge is 0.00259 e. The summed E-state index contributed by atoms with van der Waals surface area (Å²) in [7, 11) is 0. The number of rotatable bonds is 3. The zero-order chi connectivity index (χ0) is 27.6. The minimum Gasteiger partial charge on any atom is -0.0622 e. The van der Waals surface area contributed by atoms with E-state index in [0.29, 0.717) is 0 Å². The van der Waals surface area contributed by atoms with Gasteiger partial charge in [-0.3, -0.25) is 0 Å². The number of hydrogen-bond donors (Lipinski definition) is 0. The predicted octanol–water partition coefficient (Wildman–Crippen LogP) is 11.8. The highest BCUT2D eigenvalue weighted by Gasteiger charge is 2.21. The summed E-state index contributed by atoms with van der Waals surface area (Å²) in [6, 6.07) is 58.0. The molecule has 0 nitrogen and oxygen atoms in total. The second kappa shape index (κ2) is 9.03. The molecule has 1 aliphatic carbocycles. The molecule has 42 heavy (non-hydrogen) atoms. The molecule has 0 heterocycles. The quantitative estimate of drug-likeness (QED) is 0.213. The largest absolute Gasteiger partial charge is 0.0622 e. The molecule has 0 saturated carbocycles. The maximum absolute atomic E-state index is 2.38. The van der Waals surface area contributed by atoms with Crippen LogP contribution in [0.5, 0.6) is 0 Å². The number of benzene rings is 8. The normalized spacial score (nSPS) is 11.8. The van der Waals surface area contributed by atoms with Gasteiger partial charge in [-0.25, -0.2) is 0 Å². The first-order chi connectivity index (χ1) is 20.8. The van der Waals surface area contributed by atoms with E-state index in [1.165, 1.54) is 88.0 Å². The Morgan fingerprint density at radius 3 is 1.57 bits per heavy atom. The van der Waals surface area contributed by atoms with E-state index in [-0.39, 0.29) is 0 Å². The molecular weight excluding hydrogens is 504 g/mol. The van der Waals surface area contributed by atoms with Crippen LogP contribution in [-0.4, -0.2) is 0 Å². The van der Waals surface area contributed by atoms with E-state index in [9.17, 15) is 0 Å². The van der Waals surface area contributed by atoms with Crippen LogP contribution in [-0.2, 0) is 0 Å². The third-order valence-electron chi connectivity index (χ3n) is 8.98. The van der Waals surface area contributed by atoms with Crippen LogP contribution in [0.3, 0.4) is 0 Å². The van der Waals surface area contributed by atoms with Crippen molar-refractivity contribution < 1.29 is 0 Å². The van der Waals surface area contributed by atoms with Crippen molar-refractivity contribution in [3.8, 4) is 55.6 Å². The molecule has 0 amide bonds. The van der Waals surface area contributed by atoms with Gasteiger partial charge in [-0.1, -0.05) is 133 Å². The van der Waals surface area contributed by atoms with Gasteiger partial charge in [0.05, 0.1) is 0 Å². The van der Waals surface area contributed by atoms with Crippen molar-refractivity contribution in [1.82, 2.24) is 0 Å². The summed E-state index contributed by atoms with van der Waals surface area (Å²) in [5.74, 6) is 0. The van der Waals surface area contributed by atoms with Crippen molar-refractivity contribution >= 4 is 32.3 Å². The topological polar surface area (TPSA) is 0 Å². The van der Waals surface area contributed by atoms with Gasteiger partial charge in [0.1, 0.15) is 0 Å². The molecule has 0 fully saturated rings. The molecule has 194 valence electrons. The molecule has 0 atom stereocenters. The fraction of sp³-hybridized carbons (Fsp3) is 0. The van der Waals surface area contributed by atoms with Gasteiger partial charge in [0.15, 0.2) is 0 Å². The molecule has 0 heteroatoms. The van der Waals surface area contributed by atoms with Gasteiger partial charge in [0.2, 0.25) is 0 Å². The lowest BCUT2D eigenvalue weighted by atomic mass is 9.91. The fourth-order valence-electron chi connectivity index (χ4n) is 7.00. The molecule has 0 radical (unpaired) electrons. The molecule has 0 unspecified atom stereocenters. The lowest BCUT2D eigenvalue weighted by Crippen LogP contribution is -1.87. The molecule has 0 saturated heterocycles. The third-order valence-corrected chi connectivity index (χ3v) is 8.98. The van der Waals surface area contributed by atoms with Crippen molar-refractivity contribution in [1.29, 1.82) is 0 Å². The summed E-state index contributed by atoms with van der Waals surface area (Å²) < 4.78 is 0. The Labute approximate surface area is 245 Å². The number of fused-ring (bicyclic) bond motifs is 5. The van der Waals surface area contributed by atoms with E-state index in [1.54, 1.807) is 0 Å². The number of hydrogen-bond acceptors (Lipinski definition) is 0. The van der Waals surface area contributed by atoms with Gasteiger partial charge in [0, 0.05) is 0 Å². The van der Waals surface area contributed by atoms with Gasteiger partial charge in [-0.2, -0.15) is 0 Å². The Morgan fingerprint density at radius 1 is 0.238 bits per heavy atom. The van der Waals surface area contributed by atoms with Crippen molar-refractivity contribution in [2.45, 2.75) is 0 Å². The maximum atomic E-state index is 2.38. The molecule has 1 aliphatic rings. The van der Waals surface area contributed by atoms with Gasteiger partial charge < -0.3 is 0 Å². The zero-order valence-electron chi connectivity index (χ0n) is 23.0. The van der Waals surface area contributed by atoms with Crippen molar-refractivity contribution in [2.75, 3.05) is 0 Å². The van der Waals surface area contributed by atoms with Crippen molar-refractivity contribution in [2.24, 2.45) is 0 Å². The highest BCUT2D eigenvalue weighted by atomic mass is 14.2. The second-order valence-electron chi connectivity index (χ2n) is 11.3. The average Bonchev–Trinajstić information content (AvgIpc) is 3.39. The summed E-state index contributed by atoms with van der Waals surface area (Å²) in [5, 5.41) is 7.75. The summed E-state index contributed by atoms with van der Waals surface area (Å²) in [6.45, 7) is 0. The van der Waals surface area contributed by atoms with Crippen LogP contribution in [0.1, 0.15) is 0 Å². The van der Waals surface area contributed by atoms with Gasteiger partial charge in [-0.15, -0.1) is 0 Å². The molecule has 0 bridgehead atoms. The zero-order valence-corrected chi connectivity index (χ0v) is 23.0. The first-order valence-electron chi connectivity index (χ1n) is 14.6. The van der Waals surface area contributed by atoms with Gasteiger partial charge >= 0.3 is 0 Å². The Bertz CT molecular complexity index is 2340. The van der Waals surface area contributed by atoms with Crippen LogP contribution in [0.25, 0.3) is 88.0 Å². The first-order valence-corrected chi connectivity index (χ1v) is 14.6. The molecular formula is C42H26. The van der Waals surface area contributed by atoms with Crippen LogP contribution in [0.15, 0.2) is 158 Å². The summed E-state index contributed by atoms with van der Waals surface area (Å²) in [4.78, 5) is 0. The van der Waals surface area contributed by atoms with Crippen molar-refractivity contribution in [3.63, 3.8) is 0 Å². The van der Waals surface area contributed by atoms with Gasteiger partial charge in [-0.05, 0) is 112 Å². The Kier molecular flexibility index (Phi) is 5.00. The van der Waals surface area contributed by atoms with Crippen LogP contribution in [0.4, 0.5) is 0 Å². The predicted molar refractivity (Wildman–Crippen MR) is 180 cm³/mol. The first kappa shape index (κ1) is 23.3. The van der Waals surface area contributed by atoms with E-state index < -0.39 is 0 Å². The van der Waals surface area contributed by atoms with E-state index in [0.717, 1.165) is 0 Å². The standard InChI is InChI=1S/C42H26/c1-2-9-27(10-3-1)34-21-22-35(37-13-5-4-12-36(34)37)31-20-19-28-23-30(18-17-29(28)24-31)33-25-32-11-8-16-40-38-14-6-7-15-39(38)41(26-33)42(32)40/h1-26H. The van der Waals surface area contributed by atoms with Crippen LogP contribution < -0.4 is 0 Å². The van der Waals surface area contributed by atoms with Gasteiger partial charge in [0.25, 0.3) is 0 Å². The Balaban J connectivity index is 1.15. The SMILES string of the molecule is c1ccc(-c2ccc(-c3ccc4cc(-c5cc6c7c(cccc7c5)-c5ccccc5-6)ccc4c3)c3ccccc23)cc1. The average molecular weight is 531 g/mol. The Morgan fingerprint density at radius 2 is 0.810 bits per heavy atom. The third kappa shape index (κ3) is 3.49. The lowest BCUT2D eigenvalue weighted by Gasteiger charge is -2.13. The molecule has 0 N–H and O–H groups in total.